The minimum atomic E-state index is -1.15. The summed E-state index contributed by atoms with van der Waals surface area (Å²) >= 11 is 3.89. The fourth-order valence-electron chi connectivity index (χ4n) is 4.18. The van der Waals surface area contributed by atoms with E-state index in [9.17, 15) is 19.5 Å². The van der Waals surface area contributed by atoms with Crippen molar-refractivity contribution in [3.05, 3.63) is 53.0 Å². The number of nitrogens with two attached hydrogens (primary N) is 1. The Kier molecular flexibility index (Phi) is 6.05. The topological polar surface area (TPSA) is 132 Å². The first-order chi connectivity index (χ1) is 15.9. The van der Waals surface area contributed by atoms with Crippen LogP contribution in [0.5, 0.6) is 0 Å². The number of β-lactam (4-membered cyclic amide) rings is 1. The fourth-order valence-corrected chi connectivity index (χ4v) is 6.67. The lowest BCUT2D eigenvalue weighted by Gasteiger charge is -2.52. The van der Waals surface area contributed by atoms with Gasteiger partial charge >= 0.3 is 5.97 Å². The van der Waals surface area contributed by atoms with Crippen molar-refractivity contribution in [3.63, 3.8) is 0 Å². The van der Waals surface area contributed by atoms with Crippen molar-refractivity contribution >= 4 is 53.4 Å². The number of carbonyl (C=O) groups excluding carboxylic acids is 2. The number of nitrogens with zero attached hydrogens (tertiary/aromatic N) is 4. The highest BCUT2D eigenvalue weighted by molar-refractivity contribution is 8.02. The van der Waals surface area contributed by atoms with Crippen molar-refractivity contribution in [2.24, 2.45) is 5.73 Å². The Morgan fingerprint density at radius 2 is 2.12 bits per heavy atom. The molecule has 33 heavy (non-hydrogen) atoms. The maximum absolute atomic E-state index is 13.0. The van der Waals surface area contributed by atoms with Crippen LogP contribution in [0.15, 0.2) is 53.0 Å². The number of aliphatic carboxylic acids is 1. The number of fused-ring (bicyclic) bond motifs is 2. The van der Waals surface area contributed by atoms with Crippen LogP contribution in [0.25, 0.3) is 0 Å². The minimum Gasteiger partial charge on any atom is -0.477 e. The smallest absolute Gasteiger partial charge is 0.352 e. The number of rotatable bonds is 7. The van der Waals surface area contributed by atoms with Gasteiger partial charge in [0.1, 0.15) is 22.6 Å². The molecule has 1 aromatic rings. The Labute approximate surface area is 202 Å². The lowest BCUT2D eigenvalue weighted by molar-refractivity contribution is -0.689. The normalized spacial score (nSPS) is 28.5. The molecule has 0 spiro atoms. The molecule has 0 bridgehead atoms. The third-order valence-electron chi connectivity index (χ3n) is 5.64. The first-order valence-corrected chi connectivity index (χ1v) is 13.1. The number of nitrogens with one attached hydrogen (secondary N) is 1. The molecule has 2 amide bonds. The molecule has 2 saturated heterocycles. The quantitative estimate of drug-likeness (QED) is 0.253. The molecule has 5 rings (SSSR count). The van der Waals surface area contributed by atoms with Gasteiger partial charge in [-0.3, -0.25) is 19.5 Å². The zero-order chi connectivity index (χ0) is 23.3. The van der Waals surface area contributed by atoms with Crippen molar-refractivity contribution in [3.8, 4) is 0 Å². The molecule has 0 aromatic carbocycles. The lowest BCUT2D eigenvalue weighted by atomic mass is 10.0. The molecule has 2 fully saturated rings. The second kappa shape index (κ2) is 8.85. The number of hydrazine groups is 1. The second-order valence-corrected chi connectivity index (χ2v) is 10.1. The zero-order valence-electron chi connectivity index (χ0n) is 17.4. The van der Waals surface area contributed by atoms with Gasteiger partial charge in [0.15, 0.2) is 25.0 Å². The number of hydrogen-bond acceptors (Lipinski definition) is 10. The maximum Gasteiger partial charge on any atom is 0.352 e. The van der Waals surface area contributed by atoms with Gasteiger partial charge in [-0.15, -0.1) is 11.8 Å². The van der Waals surface area contributed by atoms with Crippen molar-refractivity contribution < 1.29 is 28.3 Å². The van der Waals surface area contributed by atoms with Crippen LogP contribution in [0.2, 0.25) is 0 Å². The van der Waals surface area contributed by atoms with E-state index in [-0.39, 0.29) is 11.2 Å². The molecular formula is C19H21N6O5S3+. The molecule has 4 aliphatic heterocycles. The van der Waals surface area contributed by atoms with E-state index in [0.717, 1.165) is 12.0 Å². The van der Waals surface area contributed by atoms with E-state index in [1.165, 1.54) is 33.6 Å². The van der Waals surface area contributed by atoms with Crippen LogP contribution < -0.4 is 15.6 Å². The summed E-state index contributed by atoms with van der Waals surface area (Å²) in [5, 5.41) is 17.0. The number of amides is 2. The molecule has 11 nitrogen and oxygen atoms in total. The van der Waals surface area contributed by atoms with Gasteiger partial charge in [0, 0.05) is 41.8 Å². The third kappa shape index (κ3) is 3.70. The summed E-state index contributed by atoms with van der Waals surface area (Å²) in [6.07, 6.45) is 5.41. The summed E-state index contributed by atoms with van der Waals surface area (Å²) in [6.45, 7) is 0.369. The average molecular weight is 510 g/mol. The number of carboxylic acids is 1. The number of aromatic nitrogens is 1. The van der Waals surface area contributed by atoms with Gasteiger partial charge in [0.2, 0.25) is 5.91 Å². The summed E-state index contributed by atoms with van der Waals surface area (Å²) in [7, 11) is 0. The number of carbonyl (C=O) groups is 3. The standard InChI is InChI=1S/C19H20N6O5S3/c1-31-30-25-14(11-9-33-19(20)24(11)25)15(26)21-12-16(27)23-13(18(28)29)10(8-32-17(12)23)7-22-5-3-2-4-6-22/h2-6,9,12,14,17,19H,7-8,20H2,1H3,(H-,21,26,28,29)/p+1/t12?,14?,17-,19?/m0/s1. The van der Waals surface area contributed by atoms with Crippen molar-refractivity contribution in [2.45, 2.75) is 29.5 Å². The van der Waals surface area contributed by atoms with E-state index in [4.69, 9.17) is 10.0 Å². The molecule has 174 valence electrons. The molecule has 1 aromatic heterocycles. The minimum absolute atomic E-state index is 0.00589. The molecular weight excluding hydrogens is 488 g/mol. The van der Waals surface area contributed by atoms with Crippen molar-refractivity contribution in [2.75, 3.05) is 12.0 Å². The van der Waals surface area contributed by atoms with Gasteiger partial charge in [-0.2, -0.15) is 0 Å². The molecule has 4 aliphatic rings. The molecule has 0 aliphatic carbocycles. The summed E-state index contributed by atoms with van der Waals surface area (Å²) in [5.74, 6) is -1.54. The lowest BCUT2D eigenvalue weighted by Crippen LogP contribution is -2.74. The molecule has 3 unspecified atom stereocenters. The van der Waals surface area contributed by atoms with E-state index in [1.54, 1.807) is 16.7 Å². The first-order valence-electron chi connectivity index (χ1n) is 9.97. The molecule has 0 radical (unpaired) electrons. The Morgan fingerprint density at radius 3 is 2.82 bits per heavy atom. The molecule has 5 heterocycles. The third-order valence-corrected chi connectivity index (χ3v) is 8.14. The van der Waals surface area contributed by atoms with Crippen LogP contribution in [0, 0.1) is 0 Å². The summed E-state index contributed by atoms with van der Waals surface area (Å²) in [4.78, 5) is 39.3. The van der Waals surface area contributed by atoms with Gasteiger partial charge in [-0.1, -0.05) is 23.0 Å². The second-order valence-electron chi connectivity index (χ2n) is 7.56. The number of hydrogen-bond donors (Lipinski definition) is 3. The highest BCUT2D eigenvalue weighted by Gasteiger charge is 2.58. The Balaban J connectivity index is 1.31. The number of hydroxylamine groups is 1. The average Bonchev–Trinajstić information content (AvgIpc) is 3.11. The van der Waals surface area contributed by atoms with Crippen molar-refractivity contribution in [1.82, 2.24) is 20.4 Å². The van der Waals surface area contributed by atoms with Gasteiger partial charge in [0.25, 0.3) is 5.91 Å². The highest BCUT2D eigenvalue weighted by Crippen LogP contribution is 2.44. The van der Waals surface area contributed by atoms with Crippen LogP contribution in [0.1, 0.15) is 0 Å². The van der Waals surface area contributed by atoms with E-state index in [1.807, 2.05) is 35.2 Å². The van der Waals surface area contributed by atoms with Gasteiger partial charge in [0.05, 0.1) is 5.70 Å². The van der Waals surface area contributed by atoms with Gasteiger partial charge in [-0.05, 0) is 5.41 Å². The summed E-state index contributed by atoms with van der Waals surface area (Å²) < 4.78 is 7.34. The molecule has 4 atom stereocenters. The molecule has 0 saturated carbocycles. The van der Waals surface area contributed by atoms with E-state index in [0.29, 0.717) is 23.6 Å². The van der Waals surface area contributed by atoms with Crippen LogP contribution in [-0.2, 0) is 25.2 Å². The first kappa shape index (κ1) is 22.6. The van der Waals surface area contributed by atoms with E-state index < -0.39 is 35.2 Å². The van der Waals surface area contributed by atoms with Crippen LogP contribution in [0.3, 0.4) is 0 Å². The SMILES string of the molecule is CSON1C(C(=O)NC2C(=O)N3C(C(=O)O)=C(C[n+]4ccccc4)CS[C@@H]23)C2=CSC(N)N21. The van der Waals surface area contributed by atoms with Crippen LogP contribution >= 0.6 is 35.6 Å². The Hall–Kier alpha value is -2.23. The highest BCUT2D eigenvalue weighted by atomic mass is 32.2. The zero-order valence-corrected chi connectivity index (χ0v) is 19.8. The van der Waals surface area contributed by atoms with Crippen LogP contribution in [0.4, 0.5) is 0 Å². The predicted molar refractivity (Wildman–Crippen MR) is 122 cm³/mol. The van der Waals surface area contributed by atoms with Crippen LogP contribution in [-0.4, -0.2) is 72.9 Å². The Morgan fingerprint density at radius 1 is 1.36 bits per heavy atom. The number of pyridine rings is 1. The largest absolute Gasteiger partial charge is 0.477 e. The van der Waals surface area contributed by atoms with Gasteiger partial charge in [-0.25, -0.2) is 13.6 Å². The monoisotopic (exact) mass is 509 g/mol. The Bertz CT molecular complexity index is 1070. The van der Waals surface area contributed by atoms with E-state index >= 15 is 0 Å². The predicted octanol–water partition coefficient (Wildman–Crippen LogP) is -0.346. The number of thioether (sulfide) groups is 2. The van der Waals surface area contributed by atoms with E-state index in [2.05, 4.69) is 5.32 Å². The molecule has 4 N–H and O–H groups in total. The molecule has 14 heteroatoms. The van der Waals surface area contributed by atoms with Gasteiger partial charge < -0.3 is 16.2 Å². The fraction of sp³-hybridized carbons (Fsp3) is 0.368. The number of carboxylic acid groups (broad SMARTS) is 1. The summed E-state index contributed by atoms with van der Waals surface area (Å²) in [6, 6.07) is 4.06. The van der Waals surface area contributed by atoms with Crippen molar-refractivity contribution in [1.29, 1.82) is 0 Å². The summed E-state index contributed by atoms with van der Waals surface area (Å²) in [5.41, 5.74) is 6.97. The maximum atomic E-state index is 13.0.